The fourth-order valence-corrected chi connectivity index (χ4v) is 31.7. The molecular weight excluding hydrogens is 1040 g/mol. The lowest BCUT2D eigenvalue weighted by Gasteiger charge is -2.83. The third kappa shape index (κ3) is 34.1. The van der Waals surface area contributed by atoms with Crippen LogP contribution in [0.25, 0.3) is 0 Å². The molecule has 0 aliphatic carbocycles. The van der Waals surface area contributed by atoms with Crippen molar-refractivity contribution in [1.82, 2.24) is 0 Å². The van der Waals surface area contributed by atoms with E-state index >= 15 is 4.79 Å². The van der Waals surface area contributed by atoms with Gasteiger partial charge in [-0.3, -0.25) is 19.2 Å². The van der Waals surface area contributed by atoms with Crippen LogP contribution in [0.2, 0.25) is 0 Å². The number of rotatable bonds is 64. The first-order valence-corrected chi connectivity index (χ1v) is 41.6. The lowest BCUT2D eigenvalue weighted by Crippen LogP contribution is -2.58. The van der Waals surface area contributed by atoms with Crippen molar-refractivity contribution in [2.75, 3.05) is 23.0 Å². The molecule has 0 aliphatic rings. The Bertz CT molecular complexity index is 1370. The first kappa shape index (κ1) is 79.8. The minimum absolute atomic E-state index is 0.0284. The molecule has 0 bridgehead atoms. The topological polar surface area (TPSA) is 96.0 Å². The van der Waals surface area contributed by atoms with Gasteiger partial charge in [0.25, 0.3) is 0 Å². The summed E-state index contributed by atoms with van der Waals surface area (Å²) < 4.78 is 22.3. The van der Waals surface area contributed by atoms with Gasteiger partial charge in [0.05, 0.1) is 19.7 Å². The van der Waals surface area contributed by atoms with E-state index in [1.807, 2.05) is 6.92 Å². The van der Waals surface area contributed by atoms with Gasteiger partial charge in [-0.15, -0.1) is 0 Å². The SMILES string of the molecule is CCCCCCCCCCCCCCCCCCS(CCCCCCCCCCCCCCCCCC)(OC(=O)CC)(OC(=O)CC)(OC(=O)CC)S(CCCCCCCCCCCC)(CCCCCCCCCCCC)C(=O)CC. The van der Waals surface area contributed by atoms with Crippen LogP contribution in [0, 0.1) is 0 Å². The Labute approximate surface area is 507 Å². The third-order valence-corrected chi connectivity index (χ3v) is 35.2. The lowest BCUT2D eigenvalue weighted by atomic mass is 10.0. The smallest absolute Gasteiger partial charge is 0.320 e. The van der Waals surface area contributed by atoms with Crippen LogP contribution in [0.1, 0.15) is 415 Å². The number of hydrogen-bond donors (Lipinski definition) is 0. The Balaban J connectivity index is 7.31. The minimum Gasteiger partial charge on any atom is -0.369 e. The molecule has 9 heteroatoms. The predicted octanol–water partition coefficient (Wildman–Crippen LogP) is 25.5. The van der Waals surface area contributed by atoms with Crippen LogP contribution in [0.5, 0.6) is 0 Å². The van der Waals surface area contributed by atoms with Gasteiger partial charge in [0.2, 0.25) is 0 Å². The fourth-order valence-electron chi connectivity index (χ4n) is 12.7. The zero-order chi connectivity index (χ0) is 59.8. The van der Waals surface area contributed by atoms with Gasteiger partial charge in [-0.1, -0.05) is 373 Å². The molecule has 0 unspecified atom stereocenters. The highest BCUT2D eigenvalue weighted by molar-refractivity contribution is 9.23. The summed E-state index contributed by atoms with van der Waals surface area (Å²) in [4.78, 5) is 60.8. The van der Waals surface area contributed by atoms with Gasteiger partial charge < -0.3 is 12.5 Å². The average molecular weight is 1190 g/mol. The van der Waals surface area contributed by atoms with Crippen molar-refractivity contribution in [3.8, 4) is 0 Å². The van der Waals surface area contributed by atoms with Crippen LogP contribution >= 0.6 is 17.2 Å². The summed E-state index contributed by atoms with van der Waals surface area (Å²) in [6.07, 6.45) is 62.2. The zero-order valence-electron chi connectivity index (χ0n) is 56.1. The van der Waals surface area contributed by atoms with Crippen molar-refractivity contribution in [2.45, 2.75) is 415 Å². The Morgan fingerprint density at radius 3 is 0.580 bits per heavy atom. The first-order valence-electron chi connectivity index (χ1n) is 36.5. The summed E-state index contributed by atoms with van der Waals surface area (Å²) in [5.74, 6) is -0.317. The van der Waals surface area contributed by atoms with Gasteiger partial charge in [0.1, 0.15) is 0 Å². The van der Waals surface area contributed by atoms with E-state index in [0.29, 0.717) is 24.3 Å². The molecule has 0 heterocycles. The highest BCUT2D eigenvalue weighted by atomic mass is 33.3. The summed E-state index contributed by atoms with van der Waals surface area (Å²) >= 11 is 0. The molecule has 0 saturated heterocycles. The largest absolute Gasteiger partial charge is 0.369 e. The van der Waals surface area contributed by atoms with Crippen LogP contribution in [0.15, 0.2) is 0 Å². The van der Waals surface area contributed by atoms with E-state index in [-0.39, 0.29) is 42.3 Å². The fraction of sp³-hybridized carbons (Fsp3) is 0.944. The molecule has 0 aromatic rings. The van der Waals surface area contributed by atoms with Crippen molar-refractivity contribution in [2.24, 2.45) is 0 Å². The maximum Gasteiger partial charge on any atom is 0.320 e. The van der Waals surface area contributed by atoms with Crippen LogP contribution in [0.3, 0.4) is 0 Å². The maximum absolute atomic E-state index is 16.1. The van der Waals surface area contributed by atoms with Crippen molar-refractivity contribution < 1.29 is 31.7 Å². The van der Waals surface area contributed by atoms with Crippen LogP contribution < -0.4 is 0 Å². The molecule has 0 aromatic heterocycles. The van der Waals surface area contributed by atoms with Crippen molar-refractivity contribution in [3.05, 3.63) is 0 Å². The molecule has 0 aromatic carbocycles. The molecule has 0 N–H and O–H groups in total. The highest BCUT2D eigenvalue weighted by Crippen LogP contribution is 3.11. The van der Waals surface area contributed by atoms with Crippen LogP contribution in [-0.4, -0.2) is 46.0 Å². The Morgan fingerprint density at radius 2 is 0.407 bits per heavy atom. The number of unbranched alkanes of at least 4 members (excludes halogenated alkanes) is 48. The van der Waals surface area contributed by atoms with E-state index in [9.17, 15) is 14.4 Å². The Kier molecular flexibility index (Phi) is 52.3. The number of carbonyl (C=O) groups excluding carboxylic acids is 4. The Hall–Kier alpha value is -1.22. The summed E-state index contributed by atoms with van der Waals surface area (Å²) in [5, 5.41) is 0.0284. The average Bonchev–Trinajstić information content (AvgIpc) is 1.11. The van der Waals surface area contributed by atoms with Crippen LogP contribution in [0.4, 0.5) is 0 Å². The summed E-state index contributed by atoms with van der Waals surface area (Å²) in [6.45, 7) is 16.5. The first-order chi connectivity index (χ1) is 39.5. The molecule has 0 amide bonds. The Morgan fingerprint density at radius 1 is 0.235 bits per heavy atom. The van der Waals surface area contributed by atoms with Crippen molar-refractivity contribution >= 4 is 40.3 Å². The molecule has 0 fully saturated rings. The quantitative estimate of drug-likeness (QED) is 0.0442. The summed E-state index contributed by atoms with van der Waals surface area (Å²) in [5.41, 5.74) is 0. The molecule has 7 nitrogen and oxygen atoms in total. The monoisotopic (exact) mass is 1190 g/mol. The van der Waals surface area contributed by atoms with Gasteiger partial charge >= 0.3 is 17.9 Å². The van der Waals surface area contributed by atoms with Crippen LogP contribution in [-0.2, 0) is 31.7 Å². The van der Waals surface area contributed by atoms with E-state index in [0.717, 1.165) is 89.9 Å². The van der Waals surface area contributed by atoms with E-state index < -0.39 is 35.1 Å². The minimum atomic E-state index is -5.79. The molecule has 0 aliphatic heterocycles. The highest BCUT2D eigenvalue weighted by Gasteiger charge is 2.78. The van der Waals surface area contributed by atoms with E-state index in [1.54, 1.807) is 20.8 Å². The van der Waals surface area contributed by atoms with Crippen molar-refractivity contribution in [1.29, 1.82) is 0 Å². The molecule has 0 atom stereocenters. The zero-order valence-corrected chi connectivity index (χ0v) is 57.7. The second-order valence-electron chi connectivity index (χ2n) is 25.3. The summed E-state index contributed by atoms with van der Waals surface area (Å²) in [7, 11) is -8.76. The number of carbonyl (C=O) groups is 4. The molecule has 0 rings (SSSR count). The predicted molar refractivity (Wildman–Crippen MR) is 362 cm³/mol. The normalized spacial score (nSPS) is 13.0. The van der Waals surface area contributed by atoms with E-state index in [2.05, 4.69) is 27.7 Å². The molecule has 0 radical (unpaired) electrons. The molecular formula is C72H144O7S2. The van der Waals surface area contributed by atoms with Gasteiger partial charge in [-0.25, -0.2) is 0 Å². The van der Waals surface area contributed by atoms with Gasteiger partial charge in [-0.2, -0.15) is 0 Å². The standard InChI is InChI=1S/C72H144O7S2/c1-9-17-21-25-29-33-37-39-41-43-45-47-51-55-59-63-67-81(77-69(73)13-5,78-70(74)14-6,79-71(75)15-7,68-64-60-56-52-48-46-44-42-40-38-34-30-26-22-18-10-2)80(72(76)16-8,65-61-57-53-49-35-31-27-23-19-11-3)66-62-58-54-50-36-32-28-24-20-12-4/h9-68H2,1-8H3. The molecule has 486 valence electrons. The second kappa shape index (κ2) is 53.1. The van der Waals surface area contributed by atoms with Gasteiger partial charge in [0.15, 0.2) is 5.12 Å². The van der Waals surface area contributed by atoms with Crippen molar-refractivity contribution in [3.63, 3.8) is 0 Å². The second-order valence-corrected chi connectivity index (χ2v) is 37.2. The van der Waals surface area contributed by atoms with E-state index in [4.69, 9.17) is 12.5 Å². The third-order valence-electron chi connectivity index (χ3n) is 18.0. The summed E-state index contributed by atoms with van der Waals surface area (Å²) in [6, 6.07) is 0. The van der Waals surface area contributed by atoms with Gasteiger partial charge in [0, 0.05) is 25.7 Å². The van der Waals surface area contributed by atoms with E-state index in [1.165, 1.54) is 231 Å². The molecule has 0 spiro atoms. The maximum atomic E-state index is 16.1. The number of hydrogen-bond acceptors (Lipinski definition) is 7. The molecule has 81 heavy (non-hydrogen) atoms. The lowest BCUT2D eigenvalue weighted by molar-refractivity contribution is -0.143. The van der Waals surface area contributed by atoms with Gasteiger partial charge in [-0.05, 0) is 37.2 Å². The molecule has 0 saturated carbocycles.